The van der Waals surface area contributed by atoms with Crippen LogP contribution >= 0.6 is 34.5 Å². The van der Waals surface area contributed by atoms with Gasteiger partial charge in [-0.15, -0.1) is 0 Å². The maximum Gasteiger partial charge on any atom is 0.279 e. The van der Waals surface area contributed by atoms with E-state index in [1.807, 2.05) is 17.6 Å². The summed E-state index contributed by atoms with van der Waals surface area (Å²) in [6.07, 6.45) is 0. The summed E-state index contributed by atoms with van der Waals surface area (Å²) in [7, 11) is -3.62. The number of ether oxygens (including phenoxy) is 1. The highest BCUT2D eigenvalue weighted by Crippen LogP contribution is 2.32. The van der Waals surface area contributed by atoms with Gasteiger partial charge in [-0.2, -0.15) is 9.30 Å². The van der Waals surface area contributed by atoms with E-state index < -0.39 is 15.9 Å². The Hall–Kier alpha value is -1.75. The van der Waals surface area contributed by atoms with Crippen LogP contribution in [0, 0.1) is 0 Å². The zero-order chi connectivity index (χ0) is 22.2. The third-order valence-corrected chi connectivity index (χ3v) is 8.71. The van der Waals surface area contributed by atoms with Crippen LogP contribution in [-0.2, 0) is 21.3 Å². The standard InChI is InChI=1S/C20H19Cl2N3O4S2/c1-2-25-18-16(8-7-15(21)17(18)22)30-20(25)23-19(26)13-3-5-14(6-4-13)31(27,28)24-9-11-29-12-10-24/h3-8H,2,9-12H2,1H3. The first-order chi connectivity index (χ1) is 14.8. The van der Waals surface area contributed by atoms with E-state index in [0.717, 1.165) is 10.2 Å². The molecule has 31 heavy (non-hydrogen) atoms. The van der Waals surface area contributed by atoms with Crippen LogP contribution in [-0.4, -0.2) is 49.5 Å². The lowest BCUT2D eigenvalue weighted by Crippen LogP contribution is -2.40. The fourth-order valence-electron chi connectivity index (χ4n) is 3.34. The van der Waals surface area contributed by atoms with Crippen LogP contribution in [0.2, 0.25) is 10.0 Å². The first-order valence-corrected chi connectivity index (χ1v) is 12.6. The lowest BCUT2D eigenvalue weighted by molar-refractivity contribution is 0.0730. The SMILES string of the molecule is CCn1c(=NC(=O)c2ccc(S(=O)(=O)N3CCOCC3)cc2)sc2ccc(Cl)c(Cl)c21. The predicted octanol–water partition coefficient (Wildman–Crippen LogP) is 3.79. The van der Waals surface area contributed by atoms with Crippen LogP contribution in [0.5, 0.6) is 0 Å². The molecule has 164 valence electrons. The van der Waals surface area contributed by atoms with Gasteiger partial charge < -0.3 is 9.30 Å². The molecular formula is C20H19Cl2N3O4S2. The first-order valence-electron chi connectivity index (χ1n) is 9.57. The lowest BCUT2D eigenvalue weighted by Gasteiger charge is -2.26. The number of halogens is 2. The summed E-state index contributed by atoms with van der Waals surface area (Å²) >= 11 is 13.8. The van der Waals surface area contributed by atoms with E-state index in [2.05, 4.69) is 4.99 Å². The Labute approximate surface area is 193 Å². The van der Waals surface area contributed by atoms with Crippen molar-refractivity contribution in [3.8, 4) is 0 Å². The molecule has 2 heterocycles. The molecule has 0 bridgehead atoms. The molecule has 2 aromatic carbocycles. The number of benzene rings is 2. The number of morpholine rings is 1. The third kappa shape index (κ3) is 4.30. The second-order valence-electron chi connectivity index (χ2n) is 6.79. The number of nitrogens with zero attached hydrogens (tertiary/aromatic N) is 3. The third-order valence-electron chi connectivity index (χ3n) is 4.96. The van der Waals surface area contributed by atoms with Gasteiger partial charge in [0.2, 0.25) is 10.0 Å². The Balaban J connectivity index is 1.66. The van der Waals surface area contributed by atoms with Crippen LogP contribution in [0.3, 0.4) is 0 Å². The van der Waals surface area contributed by atoms with E-state index in [1.165, 1.54) is 39.9 Å². The van der Waals surface area contributed by atoms with Crippen LogP contribution in [0.25, 0.3) is 10.2 Å². The number of aryl methyl sites for hydroxylation is 1. The van der Waals surface area contributed by atoms with E-state index in [-0.39, 0.29) is 4.90 Å². The van der Waals surface area contributed by atoms with E-state index >= 15 is 0 Å². The van der Waals surface area contributed by atoms with E-state index in [1.54, 1.807) is 6.07 Å². The summed E-state index contributed by atoms with van der Waals surface area (Å²) < 4.78 is 34.8. The number of amides is 1. The second kappa shape index (κ2) is 9.01. The molecule has 1 aliphatic rings. The summed E-state index contributed by atoms with van der Waals surface area (Å²) in [6, 6.07) is 9.38. The van der Waals surface area contributed by atoms with E-state index in [4.69, 9.17) is 27.9 Å². The monoisotopic (exact) mass is 499 g/mol. The number of rotatable bonds is 4. The molecule has 1 aliphatic heterocycles. The molecule has 1 aromatic heterocycles. The van der Waals surface area contributed by atoms with E-state index in [9.17, 15) is 13.2 Å². The molecule has 1 amide bonds. The van der Waals surface area contributed by atoms with Crippen LogP contribution in [0.1, 0.15) is 17.3 Å². The maximum absolute atomic E-state index is 12.8. The number of carbonyl (C=O) groups excluding carboxylic acids is 1. The molecule has 0 spiro atoms. The Morgan fingerprint density at radius 2 is 1.81 bits per heavy atom. The van der Waals surface area contributed by atoms with Crippen molar-refractivity contribution in [3.63, 3.8) is 0 Å². The van der Waals surface area contributed by atoms with Crippen LogP contribution in [0.15, 0.2) is 46.3 Å². The highest BCUT2D eigenvalue weighted by Gasteiger charge is 2.26. The highest BCUT2D eigenvalue weighted by atomic mass is 35.5. The van der Waals surface area contributed by atoms with Crippen molar-refractivity contribution in [3.05, 3.63) is 56.8 Å². The minimum Gasteiger partial charge on any atom is -0.379 e. The first kappa shape index (κ1) is 22.4. The molecule has 0 unspecified atom stereocenters. The zero-order valence-electron chi connectivity index (χ0n) is 16.5. The van der Waals surface area contributed by atoms with Gasteiger partial charge in [-0.05, 0) is 43.3 Å². The van der Waals surface area contributed by atoms with Gasteiger partial charge in [-0.1, -0.05) is 34.5 Å². The van der Waals surface area contributed by atoms with Crippen molar-refractivity contribution in [2.75, 3.05) is 26.3 Å². The summed E-state index contributed by atoms with van der Waals surface area (Å²) in [4.78, 5) is 17.7. The molecule has 0 aliphatic carbocycles. The topological polar surface area (TPSA) is 81.0 Å². The fourth-order valence-corrected chi connectivity index (χ4v) is 6.32. The molecule has 1 saturated heterocycles. The number of sulfonamides is 1. The molecule has 0 radical (unpaired) electrons. The Kier molecular flexibility index (Phi) is 6.52. The average molecular weight is 500 g/mol. The molecule has 0 N–H and O–H groups in total. The predicted molar refractivity (Wildman–Crippen MR) is 121 cm³/mol. The van der Waals surface area contributed by atoms with Crippen molar-refractivity contribution in [2.45, 2.75) is 18.4 Å². The Morgan fingerprint density at radius 3 is 2.45 bits per heavy atom. The minimum absolute atomic E-state index is 0.137. The van der Waals surface area contributed by atoms with Crippen molar-refractivity contribution >= 4 is 60.7 Å². The average Bonchev–Trinajstić information content (AvgIpc) is 3.14. The fraction of sp³-hybridized carbons (Fsp3) is 0.300. The van der Waals surface area contributed by atoms with Crippen LogP contribution in [0.4, 0.5) is 0 Å². The number of hydrogen-bond donors (Lipinski definition) is 0. The highest BCUT2D eigenvalue weighted by molar-refractivity contribution is 7.89. The number of aromatic nitrogens is 1. The number of carbonyl (C=O) groups is 1. The maximum atomic E-state index is 12.8. The Bertz CT molecular complexity index is 1310. The molecule has 4 rings (SSSR count). The Morgan fingerprint density at radius 1 is 1.13 bits per heavy atom. The van der Waals surface area contributed by atoms with Crippen molar-refractivity contribution in [2.24, 2.45) is 4.99 Å². The minimum atomic E-state index is -3.62. The quantitative estimate of drug-likeness (QED) is 0.546. The number of hydrogen-bond acceptors (Lipinski definition) is 5. The van der Waals surface area contributed by atoms with Gasteiger partial charge in [0.15, 0.2) is 4.80 Å². The summed E-state index contributed by atoms with van der Waals surface area (Å²) in [6.45, 7) is 3.86. The largest absolute Gasteiger partial charge is 0.379 e. The van der Waals surface area contributed by atoms with Gasteiger partial charge in [0.25, 0.3) is 5.91 Å². The van der Waals surface area contributed by atoms with Gasteiger partial charge in [0.05, 0.1) is 38.4 Å². The van der Waals surface area contributed by atoms with Crippen LogP contribution < -0.4 is 4.80 Å². The van der Waals surface area contributed by atoms with Gasteiger partial charge in [0.1, 0.15) is 0 Å². The van der Waals surface area contributed by atoms with Crippen molar-refractivity contribution in [1.82, 2.24) is 8.87 Å². The van der Waals surface area contributed by atoms with E-state index in [0.29, 0.717) is 53.3 Å². The summed E-state index contributed by atoms with van der Waals surface area (Å²) in [5, 5.41) is 0.855. The molecule has 0 saturated carbocycles. The van der Waals surface area contributed by atoms with Crippen molar-refractivity contribution < 1.29 is 17.9 Å². The molecular weight excluding hydrogens is 481 g/mol. The lowest BCUT2D eigenvalue weighted by atomic mass is 10.2. The number of thiazole rings is 1. The second-order valence-corrected chi connectivity index (χ2v) is 10.5. The van der Waals surface area contributed by atoms with Gasteiger partial charge >= 0.3 is 0 Å². The zero-order valence-corrected chi connectivity index (χ0v) is 19.7. The van der Waals surface area contributed by atoms with Crippen molar-refractivity contribution in [1.29, 1.82) is 0 Å². The molecule has 1 fully saturated rings. The summed E-state index contributed by atoms with van der Waals surface area (Å²) in [5.74, 6) is -0.466. The normalized spacial score (nSPS) is 16.2. The smallest absolute Gasteiger partial charge is 0.279 e. The molecule has 7 nitrogen and oxygen atoms in total. The molecule has 0 atom stereocenters. The van der Waals surface area contributed by atoms with Gasteiger partial charge in [-0.3, -0.25) is 4.79 Å². The van der Waals surface area contributed by atoms with Gasteiger partial charge in [-0.25, -0.2) is 8.42 Å². The molecule has 11 heteroatoms. The number of fused-ring (bicyclic) bond motifs is 1. The van der Waals surface area contributed by atoms with Gasteiger partial charge in [0, 0.05) is 25.2 Å². The summed E-state index contributed by atoms with van der Waals surface area (Å²) in [5.41, 5.74) is 1.03. The molecule has 3 aromatic rings.